The van der Waals surface area contributed by atoms with Crippen molar-refractivity contribution in [1.82, 2.24) is 20.7 Å². The summed E-state index contributed by atoms with van der Waals surface area (Å²) < 4.78 is 30.4. The fourth-order valence-electron chi connectivity index (χ4n) is 3.06. The van der Waals surface area contributed by atoms with Crippen molar-refractivity contribution < 1.29 is 22.3 Å². The van der Waals surface area contributed by atoms with Crippen LogP contribution in [0.15, 0.2) is 39.3 Å². The van der Waals surface area contributed by atoms with Gasteiger partial charge >= 0.3 is 0 Å². The van der Waals surface area contributed by atoms with Crippen LogP contribution in [0.2, 0.25) is 0 Å². The molecule has 0 aliphatic heterocycles. The van der Waals surface area contributed by atoms with Crippen molar-refractivity contribution in [2.45, 2.75) is 37.8 Å². The van der Waals surface area contributed by atoms with Gasteiger partial charge in [-0.05, 0) is 19.8 Å². The Morgan fingerprint density at radius 1 is 1.34 bits per heavy atom. The maximum absolute atomic E-state index is 14.6. The van der Waals surface area contributed by atoms with Crippen molar-refractivity contribution in [1.29, 1.82) is 0 Å². The first kappa shape index (κ1) is 20.0. The number of carbonyl (C=O) groups excluding carboxylic acids is 1. The molecular formula is C18H16BrFN4O4S. The molecule has 1 saturated carbocycles. The van der Waals surface area contributed by atoms with Gasteiger partial charge in [-0.25, -0.2) is 0 Å². The van der Waals surface area contributed by atoms with Gasteiger partial charge in [0.2, 0.25) is 17.6 Å². The molecule has 11 heteroatoms. The third-order valence-corrected chi connectivity index (χ3v) is 5.52. The van der Waals surface area contributed by atoms with E-state index < -0.39 is 17.5 Å². The molecular weight excluding hydrogens is 467 g/mol. The second kappa shape index (κ2) is 8.64. The molecule has 29 heavy (non-hydrogen) atoms. The molecule has 0 unspecified atom stereocenters. The summed E-state index contributed by atoms with van der Waals surface area (Å²) in [6.07, 6.45) is 0.873. The van der Waals surface area contributed by atoms with E-state index in [0.717, 1.165) is 10.5 Å². The van der Waals surface area contributed by atoms with Crippen LogP contribution in [0.4, 0.5) is 4.39 Å². The monoisotopic (exact) mass is 482 g/mol. The molecule has 0 radical (unpaired) electrons. The van der Waals surface area contributed by atoms with E-state index in [1.165, 1.54) is 0 Å². The lowest BCUT2D eigenvalue weighted by Crippen LogP contribution is -2.43. The van der Waals surface area contributed by atoms with Gasteiger partial charge in [0.15, 0.2) is 5.69 Å². The zero-order valence-corrected chi connectivity index (χ0v) is 17.6. The van der Waals surface area contributed by atoms with Gasteiger partial charge in [-0.1, -0.05) is 35.5 Å². The van der Waals surface area contributed by atoms with E-state index in [1.807, 2.05) is 6.07 Å². The molecule has 1 atom stereocenters. The van der Waals surface area contributed by atoms with Gasteiger partial charge in [0.1, 0.15) is 6.10 Å². The second-order valence-corrected chi connectivity index (χ2v) is 7.77. The Morgan fingerprint density at radius 3 is 2.83 bits per heavy atom. The first-order valence-corrected chi connectivity index (χ1v) is 11.4. The van der Waals surface area contributed by atoms with E-state index >= 15 is 0 Å². The lowest BCUT2D eigenvalue weighted by molar-refractivity contribution is 0.0859. The molecule has 4 rings (SSSR count). The zero-order valence-electron chi connectivity index (χ0n) is 15.2. The van der Waals surface area contributed by atoms with Crippen LogP contribution in [0, 0.1) is 5.82 Å². The van der Waals surface area contributed by atoms with Crippen LogP contribution < -0.4 is 5.32 Å². The van der Waals surface area contributed by atoms with Crippen molar-refractivity contribution in [2.24, 2.45) is 0 Å². The molecule has 0 spiro atoms. The summed E-state index contributed by atoms with van der Waals surface area (Å²) in [5, 5.41) is 14.5. The van der Waals surface area contributed by atoms with Crippen molar-refractivity contribution >= 4 is 31.2 Å². The van der Waals surface area contributed by atoms with Gasteiger partial charge in [0.05, 0.1) is 10.5 Å². The number of nitrogens with one attached hydrogen (secondary N) is 1. The van der Waals surface area contributed by atoms with Crippen molar-refractivity contribution in [3.05, 3.63) is 53.7 Å². The number of amides is 1. The van der Waals surface area contributed by atoms with Crippen LogP contribution in [-0.4, -0.2) is 27.3 Å². The first-order valence-electron chi connectivity index (χ1n) is 8.85. The minimum atomic E-state index is -0.773. The number of aromatic nitrogens is 3. The van der Waals surface area contributed by atoms with Crippen LogP contribution in [0.5, 0.6) is 0 Å². The Labute approximate surface area is 177 Å². The van der Waals surface area contributed by atoms with Crippen LogP contribution in [0.1, 0.15) is 54.1 Å². The summed E-state index contributed by atoms with van der Waals surface area (Å²) in [5.74, 6) is -0.919. The normalized spacial score (nSPS) is 19.6. The molecule has 0 bridgehead atoms. The highest BCUT2D eigenvalue weighted by Gasteiger charge is 2.37. The number of carbonyl (C=O) groups is 1. The Bertz CT molecular complexity index is 993. The van der Waals surface area contributed by atoms with Gasteiger partial charge in [-0.2, -0.15) is 4.39 Å². The quantitative estimate of drug-likeness (QED) is 0.488. The molecule has 2 aromatic heterocycles. The number of nitrogens with zero attached hydrogens (tertiary/aromatic N) is 3. The van der Waals surface area contributed by atoms with Gasteiger partial charge in [0.25, 0.3) is 11.7 Å². The van der Waals surface area contributed by atoms with E-state index in [4.69, 9.17) is 13.1 Å². The predicted molar refractivity (Wildman–Crippen MR) is 105 cm³/mol. The van der Waals surface area contributed by atoms with Crippen molar-refractivity contribution in [2.75, 3.05) is 0 Å². The average Bonchev–Trinajstić information content (AvgIpc) is 3.32. The van der Waals surface area contributed by atoms with Crippen LogP contribution in [0.3, 0.4) is 0 Å². The predicted octanol–water partition coefficient (Wildman–Crippen LogP) is 4.58. The van der Waals surface area contributed by atoms with Gasteiger partial charge in [-0.3, -0.25) is 8.98 Å². The minimum Gasteiger partial charge on any atom is -0.422 e. The lowest BCUT2D eigenvalue weighted by Gasteiger charge is -2.33. The number of benzene rings is 1. The third kappa shape index (κ3) is 4.21. The molecule has 2 heterocycles. The summed E-state index contributed by atoms with van der Waals surface area (Å²) in [7, 11) is 1.04. The third-order valence-electron chi connectivity index (χ3n) is 4.70. The molecule has 1 fully saturated rings. The molecule has 8 nitrogen and oxygen atoms in total. The fourth-order valence-corrected chi connectivity index (χ4v) is 3.93. The maximum Gasteiger partial charge on any atom is 0.293 e. The molecule has 152 valence electrons. The van der Waals surface area contributed by atoms with E-state index in [1.54, 1.807) is 31.2 Å². The zero-order chi connectivity index (χ0) is 20.4. The minimum absolute atomic E-state index is 0.0126. The Morgan fingerprint density at radius 2 is 2.10 bits per heavy atom. The van der Waals surface area contributed by atoms with Crippen LogP contribution in [-0.2, 0) is 4.18 Å². The molecule has 1 aromatic carbocycles. The standard InChI is InChI=1S/C18H16BrFN4O4S/c1-9(28-29-19)17-22-23-18(26-17)11-7-12(8-11)21-16(25)15-13(20)14(24-27-15)10-5-3-2-4-6-10/h2-6,9,11-12H,7-8H2,1H3,(H,21,25)/t9-,11?,12?/m1/s1. The topological polar surface area (TPSA) is 103 Å². The van der Waals surface area contributed by atoms with Crippen LogP contribution >= 0.6 is 25.3 Å². The summed E-state index contributed by atoms with van der Waals surface area (Å²) in [6, 6.07) is 8.57. The van der Waals surface area contributed by atoms with E-state index in [0.29, 0.717) is 30.2 Å². The van der Waals surface area contributed by atoms with Crippen LogP contribution in [0.25, 0.3) is 11.3 Å². The first-order chi connectivity index (χ1) is 14.1. The molecule has 0 saturated heterocycles. The summed E-state index contributed by atoms with van der Waals surface area (Å²) in [6.45, 7) is 1.80. The number of rotatable bonds is 7. The van der Waals surface area contributed by atoms with Gasteiger partial charge in [-0.15, -0.1) is 10.2 Å². The molecule has 3 aromatic rings. The Kier molecular flexibility index (Phi) is 5.97. The molecule has 1 amide bonds. The summed E-state index contributed by atoms with van der Waals surface area (Å²) in [5.41, 5.74) is 0.554. The second-order valence-electron chi connectivity index (χ2n) is 6.66. The fraction of sp³-hybridized carbons (Fsp3) is 0.333. The lowest BCUT2D eigenvalue weighted by atomic mass is 9.80. The Hall–Kier alpha value is -2.24. The summed E-state index contributed by atoms with van der Waals surface area (Å²) >= 11 is 3.10. The van der Waals surface area contributed by atoms with E-state index in [9.17, 15) is 9.18 Å². The van der Waals surface area contributed by atoms with Gasteiger partial charge in [0, 0.05) is 32.3 Å². The largest absolute Gasteiger partial charge is 0.422 e. The maximum atomic E-state index is 14.6. The van der Waals surface area contributed by atoms with E-state index in [2.05, 4.69) is 35.5 Å². The van der Waals surface area contributed by atoms with Crippen molar-refractivity contribution in [3.8, 4) is 11.3 Å². The highest BCUT2D eigenvalue weighted by molar-refractivity contribution is 9.49. The molecule has 1 aliphatic carbocycles. The van der Waals surface area contributed by atoms with Crippen molar-refractivity contribution in [3.63, 3.8) is 0 Å². The highest BCUT2D eigenvalue weighted by Crippen LogP contribution is 2.37. The smallest absolute Gasteiger partial charge is 0.293 e. The molecule has 1 aliphatic rings. The Balaban J connectivity index is 1.34. The summed E-state index contributed by atoms with van der Waals surface area (Å²) in [4.78, 5) is 12.4. The average molecular weight is 483 g/mol. The molecule has 1 N–H and O–H groups in total. The SMILES string of the molecule is C[C@@H](OSBr)c1nnc(C2CC(NC(=O)c3onc(-c4ccccc4)c3F)C2)o1. The number of hydrogen-bond donors (Lipinski definition) is 1. The van der Waals surface area contributed by atoms with Gasteiger partial charge < -0.3 is 14.3 Å². The number of hydrogen-bond acceptors (Lipinski definition) is 8. The highest BCUT2D eigenvalue weighted by atomic mass is 79.9. The number of halogens is 2. The van der Waals surface area contributed by atoms with E-state index in [-0.39, 0.29) is 23.8 Å².